The fourth-order valence-corrected chi connectivity index (χ4v) is 1.45. The number of phenols is 1. The van der Waals surface area contributed by atoms with Gasteiger partial charge in [-0.3, -0.25) is 0 Å². The van der Waals surface area contributed by atoms with Crippen molar-refractivity contribution < 1.29 is 24.4 Å². The zero-order valence-electron chi connectivity index (χ0n) is 10.8. The lowest BCUT2D eigenvalue weighted by Gasteiger charge is -1.96. The van der Waals surface area contributed by atoms with E-state index in [1.807, 2.05) is 0 Å². The highest BCUT2D eigenvalue weighted by atomic mass is 16.6. The summed E-state index contributed by atoms with van der Waals surface area (Å²) in [6.07, 6.45) is 1.44. The normalized spacial score (nSPS) is 23.4. The molecule has 0 spiro atoms. The van der Waals surface area contributed by atoms with Crippen molar-refractivity contribution >= 4 is 0 Å². The Balaban J connectivity index is 0.000000141. The van der Waals surface area contributed by atoms with Gasteiger partial charge in [-0.05, 0) is 24.1 Å². The maximum absolute atomic E-state index is 8.86. The molecule has 3 rings (SSSR count). The maximum atomic E-state index is 8.86. The number of hydrogen-bond acceptors (Lipinski definition) is 5. The average Bonchev–Trinajstić information content (AvgIpc) is 3.27. The first-order chi connectivity index (χ1) is 9.28. The molecular weight excluding hydrogens is 248 g/mol. The van der Waals surface area contributed by atoms with E-state index in [9.17, 15) is 0 Å². The molecule has 0 bridgehead atoms. The van der Waals surface area contributed by atoms with Gasteiger partial charge in [0.1, 0.15) is 18.0 Å². The summed E-state index contributed by atoms with van der Waals surface area (Å²) in [6, 6.07) is 6.83. The number of aliphatic hydroxyl groups excluding tert-OH is 1. The van der Waals surface area contributed by atoms with Crippen molar-refractivity contribution in [3.05, 3.63) is 29.8 Å². The molecule has 5 heteroatoms. The molecule has 2 heterocycles. The summed E-state index contributed by atoms with van der Waals surface area (Å²) in [6.45, 7) is 3.42. The second kappa shape index (κ2) is 7.45. The van der Waals surface area contributed by atoms with Crippen molar-refractivity contribution in [1.29, 1.82) is 0 Å². The smallest absolute Gasteiger partial charge is 0.115 e. The minimum atomic E-state index is 0.158. The lowest BCUT2D eigenvalue weighted by atomic mass is 10.2. The van der Waals surface area contributed by atoms with E-state index >= 15 is 0 Å². The summed E-state index contributed by atoms with van der Waals surface area (Å²) in [5.41, 5.74) is 1.04. The number of rotatable bonds is 6. The van der Waals surface area contributed by atoms with E-state index in [0.717, 1.165) is 32.0 Å². The third-order valence-corrected chi connectivity index (χ3v) is 2.75. The predicted octanol–water partition coefficient (Wildman–Crippen LogP) is 0.728. The van der Waals surface area contributed by atoms with E-state index in [1.54, 1.807) is 24.3 Å². The Bertz CT molecular complexity index is 345. The third-order valence-electron chi connectivity index (χ3n) is 2.75. The molecule has 2 fully saturated rings. The first-order valence-electron chi connectivity index (χ1n) is 6.47. The predicted molar refractivity (Wildman–Crippen MR) is 69.2 cm³/mol. The van der Waals surface area contributed by atoms with Gasteiger partial charge in [0.05, 0.1) is 26.4 Å². The molecule has 2 aliphatic rings. The molecule has 2 atom stereocenters. The average molecular weight is 268 g/mol. The van der Waals surface area contributed by atoms with Crippen LogP contribution in [0.5, 0.6) is 5.75 Å². The Kier molecular flexibility index (Phi) is 5.60. The van der Waals surface area contributed by atoms with Crippen LogP contribution in [-0.4, -0.2) is 55.5 Å². The lowest BCUT2D eigenvalue weighted by molar-refractivity contribution is 0.102. The van der Waals surface area contributed by atoms with E-state index in [2.05, 4.69) is 0 Å². The molecule has 19 heavy (non-hydrogen) atoms. The molecule has 2 N–H and O–H groups in total. The SMILES string of the molecule is C(OCC1CO1)C1CO1.OCCc1ccc(O)cc1. The highest BCUT2D eigenvalue weighted by Crippen LogP contribution is 2.12. The Hall–Kier alpha value is -1.14. The maximum Gasteiger partial charge on any atom is 0.115 e. The molecule has 2 unspecified atom stereocenters. The minimum Gasteiger partial charge on any atom is -0.508 e. The van der Waals surface area contributed by atoms with Crippen LogP contribution in [0, 0.1) is 0 Å². The molecule has 0 aromatic heterocycles. The molecule has 2 aliphatic heterocycles. The summed E-state index contributed by atoms with van der Waals surface area (Å²) in [4.78, 5) is 0. The number of epoxide rings is 2. The van der Waals surface area contributed by atoms with Crippen molar-refractivity contribution in [3.8, 4) is 5.75 Å². The zero-order chi connectivity index (χ0) is 13.5. The molecule has 1 aromatic carbocycles. The number of benzene rings is 1. The van der Waals surface area contributed by atoms with E-state index in [-0.39, 0.29) is 12.4 Å². The van der Waals surface area contributed by atoms with Crippen LogP contribution in [0.15, 0.2) is 24.3 Å². The summed E-state index contributed by atoms with van der Waals surface area (Å²) in [5.74, 6) is 0.265. The first-order valence-corrected chi connectivity index (χ1v) is 6.47. The monoisotopic (exact) mass is 268 g/mol. The molecular formula is C14H20O5. The van der Waals surface area contributed by atoms with Crippen LogP contribution in [0.4, 0.5) is 0 Å². The van der Waals surface area contributed by atoms with Crippen LogP contribution in [0.1, 0.15) is 5.56 Å². The van der Waals surface area contributed by atoms with Crippen molar-refractivity contribution in [2.45, 2.75) is 18.6 Å². The second-order valence-corrected chi connectivity index (χ2v) is 4.59. The highest BCUT2D eigenvalue weighted by Gasteiger charge is 2.26. The van der Waals surface area contributed by atoms with E-state index in [1.165, 1.54) is 0 Å². The van der Waals surface area contributed by atoms with Gasteiger partial charge in [-0.15, -0.1) is 0 Å². The topological polar surface area (TPSA) is 74.8 Å². The lowest BCUT2D eigenvalue weighted by Crippen LogP contribution is -2.06. The van der Waals surface area contributed by atoms with E-state index in [0.29, 0.717) is 18.6 Å². The molecule has 0 radical (unpaired) electrons. The van der Waals surface area contributed by atoms with Gasteiger partial charge in [-0.2, -0.15) is 0 Å². The molecule has 106 valence electrons. The highest BCUT2D eigenvalue weighted by molar-refractivity contribution is 5.25. The Labute approximate surface area is 112 Å². The summed E-state index contributed by atoms with van der Waals surface area (Å²) < 4.78 is 15.1. The third kappa shape index (κ3) is 6.54. The Morgan fingerprint density at radius 1 is 1.05 bits per heavy atom. The van der Waals surface area contributed by atoms with Gasteiger partial charge in [0.25, 0.3) is 0 Å². The molecule has 0 aliphatic carbocycles. The standard InChI is InChI=1S/C8H10O2.C6H10O3/c9-6-5-7-1-3-8(10)4-2-7;1(5-3-8-5)7-2-6-4-9-6/h1-4,9-10H,5-6H2;5-6H,1-4H2. The first kappa shape index (κ1) is 14.3. The van der Waals surface area contributed by atoms with Crippen molar-refractivity contribution in [2.24, 2.45) is 0 Å². The van der Waals surface area contributed by atoms with Crippen molar-refractivity contribution in [3.63, 3.8) is 0 Å². The minimum absolute atomic E-state index is 0.158. The molecule has 2 saturated heterocycles. The van der Waals surface area contributed by atoms with Gasteiger partial charge in [0.2, 0.25) is 0 Å². The number of aliphatic hydroxyl groups is 1. The molecule has 5 nitrogen and oxygen atoms in total. The number of aromatic hydroxyl groups is 1. The van der Waals surface area contributed by atoms with Gasteiger partial charge < -0.3 is 24.4 Å². The van der Waals surface area contributed by atoms with Crippen molar-refractivity contribution in [2.75, 3.05) is 33.0 Å². The Morgan fingerprint density at radius 3 is 2.00 bits per heavy atom. The zero-order valence-corrected chi connectivity index (χ0v) is 10.8. The molecule has 0 amide bonds. The van der Waals surface area contributed by atoms with Gasteiger partial charge >= 0.3 is 0 Å². The van der Waals surface area contributed by atoms with Crippen LogP contribution in [-0.2, 0) is 20.6 Å². The van der Waals surface area contributed by atoms with Gasteiger partial charge in [0.15, 0.2) is 0 Å². The van der Waals surface area contributed by atoms with Gasteiger partial charge in [-0.1, -0.05) is 12.1 Å². The van der Waals surface area contributed by atoms with Crippen LogP contribution in [0.2, 0.25) is 0 Å². The van der Waals surface area contributed by atoms with Crippen LogP contribution in [0.25, 0.3) is 0 Å². The van der Waals surface area contributed by atoms with Crippen molar-refractivity contribution in [1.82, 2.24) is 0 Å². The van der Waals surface area contributed by atoms with Gasteiger partial charge in [-0.25, -0.2) is 0 Å². The van der Waals surface area contributed by atoms with E-state index in [4.69, 9.17) is 24.4 Å². The fourth-order valence-electron chi connectivity index (χ4n) is 1.45. The Morgan fingerprint density at radius 2 is 1.58 bits per heavy atom. The fraction of sp³-hybridized carbons (Fsp3) is 0.571. The molecule has 1 aromatic rings. The second-order valence-electron chi connectivity index (χ2n) is 4.59. The van der Waals surface area contributed by atoms with Crippen LogP contribution in [0.3, 0.4) is 0 Å². The van der Waals surface area contributed by atoms with E-state index < -0.39 is 0 Å². The number of ether oxygens (including phenoxy) is 3. The summed E-state index contributed by atoms with van der Waals surface area (Å²) >= 11 is 0. The molecule has 0 saturated carbocycles. The number of phenolic OH excluding ortho intramolecular Hbond substituents is 1. The van der Waals surface area contributed by atoms with Gasteiger partial charge in [0, 0.05) is 6.61 Å². The quantitative estimate of drug-likeness (QED) is 0.744. The number of hydrogen-bond donors (Lipinski definition) is 2. The summed E-state index contributed by atoms with van der Waals surface area (Å²) in [7, 11) is 0. The van der Waals surface area contributed by atoms with Crippen LogP contribution < -0.4 is 0 Å². The largest absolute Gasteiger partial charge is 0.508 e. The van der Waals surface area contributed by atoms with Crippen LogP contribution >= 0.6 is 0 Å². The summed E-state index contributed by atoms with van der Waals surface area (Å²) in [5, 5.41) is 17.4.